The summed E-state index contributed by atoms with van der Waals surface area (Å²) in [5, 5.41) is 7.80. The average molecular weight is 390 g/mol. The Balaban J connectivity index is 0.00000113. The quantitative estimate of drug-likeness (QED) is 0.844. The number of amides is 1. The first-order chi connectivity index (χ1) is 11.3. The molecule has 1 amide bonds. The van der Waals surface area contributed by atoms with Crippen molar-refractivity contribution in [2.24, 2.45) is 5.92 Å². The van der Waals surface area contributed by atoms with Gasteiger partial charge < -0.3 is 10.2 Å². The number of hydrogen-bond donors (Lipinski definition) is 1. The summed E-state index contributed by atoms with van der Waals surface area (Å²) in [5.41, 5.74) is -0.479. The zero-order valence-electron chi connectivity index (χ0n) is 14.6. The SMILES string of the molecule is Cl.Cl.O=C(N1CCN(CC2CC2)CC1)C1(n2cccn2)CCNCC1. The molecular formula is C17H29Cl2N5O. The summed E-state index contributed by atoms with van der Waals surface area (Å²) in [6.45, 7) is 6.77. The highest BCUT2D eigenvalue weighted by Gasteiger charge is 2.45. The summed E-state index contributed by atoms with van der Waals surface area (Å²) in [6.07, 6.45) is 8.19. The van der Waals surface area contributed by atoms with Crippen molar-refractivity contribution in [3.8, 4) is 0 Å². The van der Waals surface area contributed by atoms with Crippen LogP contribution in [0.1, 0.15) is 25.7 Å². The normalized spacial score (nSPS) is 23.4. The summed E-state index contributed by atoms with van der Waals surface area (Å²) in [7, 11) is 0. The summed E-state index contributed by atoms with van der Waals surface area (Å²) in [5.74, 6) is 1.20. The van der Waals surface area contributed by atoms with Crippen molar-refractivity contribution >= 4 is 30.7 Å². The first-order valence-corrected chi connectivity index (χ1v) is 9.00. The molecule has 8 heteroatoms. The third-order valence-electron chi connectivity index (χ3n) is 5.64. The highest BCUT2D eigenvalue weighted by Crippen LogP contribution is 2.31. The Labute approximate surface area is 162 Å². The summed E-state index contributed by atoms with van der Waals surface area (Å²) in [4.78, 5) is 17.9. The van der Waals surface area contributed by atoms with Crippen LogP contribution in [0, 0.1) is 5.92 Å². The molecule has 1 aliphatic carbocycles. The number of carbonyl (C=O) groups excluding carboxylic acids is 1. The summed E-state index contributed by atoms with van der Waals surface area (Å²) in [6, 6.07) is 1.92. The minimum atomic E-state index is -0.479. The molecule has 2 saturated heterocycles. The zero-order chi connectivity index (χ0) is 15.7. The Kier molecular flexibility index (Phi) is 7.14. The van der Waals surface area contributed by atoms with Gasteiger partial charge in [0.25, 0.3) is 5.91 Å². The van der Waals surface area contributed by atoms with Crippen LogP contribution in [0.2, 0.25) is 0 Å². The molecule has 0 bridgehead atoms. The van der Waals surface area contributed by atoms with Gasteiger partial charge in [0.15, 0.2) is 0 Å². The average Bonchev–Trinajstić information content (AvgIpc) is 3.24. The number of aromatic nitrogens is 2. The number of piperidine rings is 1. The largest absolute Gasteiger partial charge is 0.338 e. The fraction of sp³-hybridized carbons (Fsp3) is 0.765. The Hall–Kier alpha value is -0.820. The van der Waals surface area contributed by atoms with Crippen LogP contribution in [0.3, 0.4) is 0 Å². The Morgan fingerprint density at radius 2 is 1.80 bits per heavy atom. The molecule has 4 rings (SSSR count). The molecule has 0 unspecified atom stereocenters. The van der Waals surface area contributed by atoms with Crippen molar-refractivity contribution in [3.63, 3.8) is 0 Å². The van der Waals surface area contributed by atoms with Crippen molar-refractivity contribution in [3.05, 3.63) is 18.5 Å². The zero-order valence-corrected chi connectivity index (χ0v) is 16.2. The summed E-state index contributed by atoms with van der Waals surface area (Å²) >= 11 is 0. The van der Waals surface area contributed by atoms with Gasteiger partial charge in [-0.1, -0.05) is 0 Å². The van der Waals surface area contributed by atoms with E-state index in [-0.39, 0.29) is 30.7 Å². The van der Waals surface area contributed by atoms with Crippen LogP contribution >= 0.6 is 24.8 Å². The summed E-state index contributed by atoms with van der Waals surface area (Å²) < 4.78 is 1.91. The van der Waals surface area contributed by atoms with E-state index in [1.54, 1.807) is 6.20 Å². The van der Waals surface area contributed by atoms with Gasteiger partial charge in [0.1, 0.15) is 5.54 Å². The molecule has 142 valence electrons. The van der Waals surface area contributed by atoms with Crippen LogP contribution in [-0.4, -0.2) is 71.3 Å². The van der Waals surface area contributed by atoms with Crippen molar-refractivity contribution in [2.75, 3.05) is 45.8 Å². The second-order valence-corrected chi connectivity index (χ2v) is 7.27. The van der Waals surface area contributed by atoms with E-state index in [1.807, 2.05) is 16.9 Å². The Morgan fingerprint density at radius 1 is 1.12 bits per heavy atom. The van der Waals surface area contributed by atoms with Crippen molar-refractivity contribution < 1.29 is 4.79 Å². The minimum absolute atomic E-state index is 0. The van der Waals surface area contributed by atoms with E-state index in [0.717, 1.165) is 58.0 Å². The van der Waals surface area contributed by atoms with Crippen LogP contribution in [0.4, 0.5) is 0 Å². The monoisotopic (exact) mass is 389 g/mol. The molecule has 6 nitrogen and oxygen atoms in total. The lowest BCUT2D eigenvalue weighted by Crippen LogP contribution is -2.59. The second-order valence-electron chi connectivity index (χ2n) is 7.27. The van der Waals surface area contributed by atoms with Gasteiger partial charge in [0.2, 0.25) is 0 Å². The topological polar surface area (TPSA) is 53.4 Å². The fourth-order valence-electron chi connectivity index (χ4n) is 4.00. The number of nitrogens with one attached hydrogen (secondary N) is 1. The molecule has 25 heavy (non-hydrogen) atoms. The van der Waals surface area contributed by atoms with E-state index in [1.165, 1.54) is 19.4 Å². The molecule has 0 atom stereocenters. The lowest BCUT2D eigenvalue weighted by atomic mass is 9.86. The molecule has 3 aliphatic rings. The van der Waals surface area contributed by atoms with Crippen LogP contribution in [-0.2, 0) is 10.3 Å². The minimum Gasteiger partial charge on any atom is -0.338 e. The number of halogens is 2. The third kappa shape index (κ3) is 4.30. The molecule has 0 aromatic carbocycles. The van der Waals surface area contributed by atoms with E-state index in [2.05, 4.69) is 20.2 Å². The first kappa shape index (κ1) is 20.5. The number of nitrogens with zero attached hydrogens (tertiary/aromatic N) is 4. The molecule has 0 spiro atoms. The van der Waals surface area contributed by atoms with Gasteiger partial charge >= 0.3 is 0 Å². The van der Waals surface area contributed by atoms with E-state index < -0.39 is 5.54 Å². The predicted molar refractivity (Wildman–Crippen MR) is 103 cm³/mol. The number of piperazine rings is 1. The van der Waals surface area contributed by atoms with Gasteiger partial charge in [-0.3, -0.25) is 14.4 Å². The Morgan fingerprint density at radius 3 is 2.36 bits per heavy atom. The van der Waals surface area contributed by atoms with Gasteiger partial charge in [-0.25, -0.2) is 0 Å². The molecule has 1 aromatic rings. The fourth-order valence-corrected chi connectivity index (χ4v) is 4.00. The molecule has 1 saturated carbocycles. The van der Waals surface area contributed by atoms with Gasteiger partial charge in [-0.05, 0) is 50.8 Å². The van der Waals surface area contributed by atoms with Crippen molar-refractivity contribution in [1.82, 2.24) is 24.9 Å². The first-order valence-electron chi connectivity index (χ1n) is 9.00. The number of rotatable bonds is 4. The standard InChI is InChI=1S/C17H27N5O.2ClH/c23-16(21-12-10-20(11-13-21)14-15-2-3-15)17(4-7-18-8-5-17)22-9-1-6-19-22;;/h1,6,9,15,18H,2-5,7-8,10-14H2;2*1H. The highest BCUT2D eigenvalue weighted by molar-refractivity contribution is 5.86. The van der Waals surface area contributed by atoms with Gasteiger partial charge in [-0.2, -0.15) is 5.10 Å². The predicted octanol–water partition coefficient (Wildman–Crippen LogP) is 1.36. The van der Waals surface area contributed by atoms with E-state index in [9.17, 15) is 4.79 Å². The van der Waals surface area contributed by atoms with Gasteiger partial charge in [0.05, 0.1) is 0 Å². The van der Waals surface area contributed by atoms with Crippen molar-refractivity contribution in [2.45, 2.75) is 31.2 Å². The number of hydrogen-bond acceptors (Lipinski definition) is 4. The molecule has 3 fully saturated rings. The Bertz CT molecular complexity index is 535. The lowest BCUT2D eigenvalue weighted by molar-refractivity contribution is -0.145. The molecule has 1 aromatic heterocycles. The maximum absolute atomic E-state index is 13.3. The van der Waals surface area contributed by atoms with Crippen molar-refractivity contribution in [1.29, 1.82) is 0 Å². The van der Waals surface area contributed by atoms with Crippen LogP contribution < -0.4 is 5.32 Å². The van der Waals surface area contributed by atoms with E-state index in [0.29, 0.717) is 0 Å². The lowest BCUT2D eigenvalue weighted by Gasteiger charge is -2.43. The molecule has 0 radical (unpaired) electrons. The maximum atomic E-state index is 13.3. The molecule has 2 aliphatic heterocycles. The second kappa shape index (κ2) is 8.71. The number of carbonyl (C=O) groups is 1. The molecular weight excluding hydrogens is 361 g/mol. The van der Waals surface area contributed by atoms with Gasteiger partial charge in [0, 0.05) is 45.1 Å². The molecule has 1 N–H and O–H groups in total. The highest BCUT2D eigenvalue weighted by atomic mass is 35.5. The third-order valence-corrected chi connectivity index (χ3v) is 5.64. The molecule has 3 heterocycles. The van der Waals surface area contributed by atoms with Gasteiger partial charge in [-0.15, -0.1) is 24.8 Å². The smallest absolute Gasteiger partial charge is 0.250 e. The van der Waals surface area contributed by atoms with E-state index >= 15 is 0 Å². The van der Waals surface area contributed by atoms with Crippen LogP contribution in [0.5, 0.6) is 0 Å². The maximum Gasteiger partial charge on any atom is 0.250 e. The van der Waals surface area contributed by atoms with E-state index in [4.69, 9.17) is 0 Å². The van der Waals surface area contributed by atoms with Crippen LogP contribution in [0.15, 0.2) is 18.5 Å². The van der Waals surface area contributed by atoms with Crippen LogP contribution in [0.25, 0.3) is 0 Å².